The zero-order valence-corrected chi connectivity index (χ0v) is 14.8. The summed E-state index contributed by atoms with van der Waals surface area (Å²) < 4.78 is 0. The Labute approximate surface area is 150 Å². The Morgan fingerprint density at radius 1 is 1.29 bits per heavy atom. The van der Waals surface area contributed by atoms with E-state index in [0.717, 1.165) is 5.69 Å². The number of rotatable bonds is 5. The van der Waals surface area contributed by atoms with Gasteiger partial charge in [-0.25, -0.2) is 9.97 Å². The Hall–Kier alpha value is -2.18. The molecule has 0 aliphatic heterocycles. The van der Waals surface area contributed by atoms with Gasteiger partial charge in [-0.2, -0.15) is 4.99 Å². The predicted octanol–water partition coefficient (Wildman–Crippen LogP) is 3.34. The highest BCUT2D eigenvalue weighted by atomic mass is 35.5. The smallest absolute Gasteiger partial charge is 0.281 e. The van der Waals surface area contributed by atoms with Gasteiger partial charge in [-0.05, 0) is 25.1 Å². The molecule has 0 saturated carbocycles. The Balaban J connectivity index is 1.97. The van der Waals surface area contributed by atoms with Crippen molar-refractivity contribution in [2.45, 2.75) is 13.8 Å². The first-order valence-corrected chi connectivity index (χ1v) is 7.98. The maximum Gasteiger partial charge on any atom is 0.281 e. The van der Waals surface area contributed by atoms with E-state index in [1.807, 2.05) is 13.0 Å². The van der Waals surface area contributed by atoms with Gasteiger partial charge in [0.05, 0.1) is 15.6 Å². The van der Waals surface area contributed by atoms with E-state index in [0.29, 0.717) is 28.0 Å². The molecule has 1 atom stereocenters. The average Bonchev–Trinajstić information content (AvgIpc) is 2.56. The predicted molar refractivity (Wildman–Crippen MR) is 96.8 cm³/mol. The number of amidine groups is 1. The van der Waals surface area contributed by atoms with E-state index < -0.39 is 5.91 Å². The van der Waals surface area contributed by atoms with Crippen molar-refractivity contribution in [3.05, 3.63) is 52.0 Å². The third-order valence-electron chi connectivity index (χ3n) is 3.30. The van der Waals surface area contributed by atoms with Crippen LogP contribution in [0.2, 0.25) is 10.0 Å². The number of hydrogen-bond acceptors (Lipinski definition) is 4. The molecular formula is C16H17Cl2N5O. The fourth-order valence-corrected chi connectivity index (χ4v) is 2.07. The van der Waals surface area contributed by atoms with E-state index in [2.05, 4.69) is 20.3 Å². The third kappa shape index (κ3) is 4.91. The maximum atomic E-state index is 12.0. The molecule has 8 heteroatoms. The minimum atomic E-state index is -0.464. The molecule has 126 valence electrons. The number of anilines is 1. The molecule has 2 rings (SSSR count). The van der Waals surface area contributed by atoms with Crippen molar-refractivity contribution >= 4 is 40.6 Å². The van der Waals surface area contributed by atoms with Crippen LogP contribution in [0, 0.1) is 12.8 Å². The first-order chi connectivity index (χ1) is 11.4. The molecule has 0 aliphatic rings. The number of carbonyl (C=O) groups is 1. The van der Waals surface area contributed by atoms with Gasteiger partial charge in [0.1, 0.15) is 11.7 Å². The summed E-state index contributed by atoms with van der Waals surface area (Å²) in [5.41, 5.74) is 7.01. The van der Waals surface area contributed by atoms with Crippen molar-refractivity contribution in [2.24, 2.45) is 16.6 Å². The molecule has 1 aromatic heterocycles. The number of aliphatic imine (C=N–C) groups is 1. The Morgan fingerprint density at radius 3 is 2.58 bits per heavy atom. The summed E-state index contributed by atoms with van der Waals surface area (Å²) in [5.74, 6) is 0.194. The van der Waals surface area contributed by atoms with Crippen LogP contribution in [-0.2, 0) is 0 Å². The molecule has 0 radical (unpaired) electrons. The maximum absolute atomic E-state index is 12.0. The Kier molecular flexibility index (Phi) is 6.11. The van der Waals surface area contributed by atoms with Crippen LogP contribution in [0.1, 0.15) is 23.1 Å². The van der Waals surface area contributed by atoms with Crippen molar-refractivity contribution in [1.82, 2.24) is 9.97 Å². The van der Waals surface area contributed by atoms with E-state index in [1.54, 1.807) is 19.1 Å². The van der Waals surface area contributed by atoms with Crippen LogP contribution in [0.25, 0.3) is 0 Å². The van der Waals surface area contributed by atoms with Gasteiger partial charge in [0.15, 0.2) is 0 Å². The lowest BCUT2D eigenvalue weighted by Crippen LogP contribution is -2.28. The van der Waals surface area contributed by atoms with Crippen LogP contribution >= 0.6 is 23.2 Å². The Bertz CT molecular complexity index is 762. The van der Waals surface area contributed by atoms with Crippen LogP contribution in [0.5, 0.6) is 0 Å². The van der Waals surface area contributed by atoms with Gasteiger partial charge in [-0.15, -0.1) is 0 Å². The molecule has 0 unspecified atom stereocenters. The van der Waals surface area contributed by atoms with E-state index in [-0.39, 0.29) is 11.8 Å². The number of benzene rings is 1. The summed E-state index contributed by atoms with van der Waals surface area (Å²) in [6, 6.07) is 5.23. The number of amides is 1. The number of halogens is 2. The molecule has 0 spiro atoms. The van der Waals surface area contributed by atoms with Crippen molar-refractivity contribution < 1.29 is 4.79 Å². The molecule has 0 fully saturated rings. The van der Waals surface area contributed by atoms with Crippen LogP contribution in [0.4, 0.5) is 5.69 Å². The highest BCUT2D eigenvalue weighted by Crippen LogP contribution is 2.25. The van der Waals surface area contributed by atoms with E-state index >= 15 is 0 Å². The fourth-order valence-electron chi connectivity index (χ4n) is 1.78. The van der Waals surface area contributed by atoms with E-state index in [9.17, 15) is 4.79 Å². The van der Waals surface area contributed by atoms with Crippen LogP contribution in [0.15, 0.2) is 35.6 Å². The monoisotopic (exact) mass is 365 g/mol. The summed E-state index contributed by atoms with van der Waals surface area (Å²) in [6.45, 7) is 4.09. The van der Waals surface area contributed by atoms with Crippen molar-refractivity contribution in [1.29, 1.82) is 0 Å². The van der Waals surface area contributed by atoms with Crippen molar-refractivity contribution in [2.75, 3.05) is 11.9 Å². The molecule has 0 saturated heterocycles. The summed E-state index contributed by atoms with van der Waals surface area (Å²) in [5, 5.41) is 4.13. The summed E-state index contributed by atoms with van der Waals surface area (Å²) in [6.07, 6.45) is 2.86. The van der Waals surface area contributed by atoms with Crippen molar-refractivity contribution in [3.8, 4) is 0 Å². The van der Waals surface area contributed by atoms with E-state index in [1.165, 1.54) is 12.4 Å². The van der Waals surface area contributed by atoms with Crippen LogP contribution in [-0.4, -0.2) is 28.3 Å². The van der Waals surface area contributed by atoms with E-state index in [4.69, 9.17) is 28.9 Å². The third-order valence-corrected chi connectivity index (χ3v) is 4.03. The van der Waals surface area contributed by atoms with Gasteiger partial charge < -0.3 is 11.1 Å². The molecule has 0 bridgehead atoms. The zero-order chi connectivity index (χ0) is 17.7. The molecule has 1 aromatic carbocycles. The van der Waals surface area contributed by atoms with Crippen LogP contribution < -0.4 is 11.1 Å². The minimum absolute atomic E-state index is 0.158. The van der Waals surface area contributed by atoms with Crippen LogP contribution in [0.3, 0.4) is 0 Å². The van der Waals surface area contributed by atoms with Gasteiger partial charge in [0.2, 0.25) is 0 Å². The topological polar surface area (TPSA) is 93.3 Å². The lowest BCUT2D eigenvalue weighted by Gasteiger charge is -2.13. The molecule has 0 aliphatic carbocycles. The molecule has 1 amide bonds. The molecule has 1 heterocycles. The normalized spacial score (nSPS) is 12.8. The quantitative estimate of drug-likeness (QED) is 0.625. The minimum Gasteiger partial charge on any atom is -0.387 e. The molecule has 6 nitrogen and oxygen atoms in total. The number of nitrogens with one attached hydrogen (secondary N) is 1. The van der Waals surface area contributed by atoms with Gasteiger partial charge in [0, 0.05) is 30.5 Å². The second-order valence-electron chi connectivity index (χ2n) is 5.27. The molecular weight excluding hydrogens is 349 g/mol. The number of aromatic nitrogens is 2. The number of carbonyl (C=O) groups excluding carboxylic acids is 1. The first kappa shape index (κ1) is 18.2. The molecule has 24 heavy (non-hydrogen) atoms. The van der Waals surface area contributed by atoms with Crippen molar-refractivity contribution in [3.63, 3.8) is 0 Å². The van der Waals surface area contributed by atoms with Gasteiger partial charge in [0.25, 0.3) is 5.91 Å². The second kappa shape index (κ2) is 8.08. The number of aryl methyl sites for hydroxylation is 1. The highest BCUT2D eigenvalue weighted by Gasteiger charge is 2.11. The second-order valence-corrected chi connectivity index (χ2v) is 6.09. The zero-order valence-electron chi connectivity index (χ0n) is 13.3. The van der Waals surface area contributed by atoms with Gasteiger partial charge in [-0.1, -0.05) is 30.1 Å². The molecule has 3 N–H and O–H groups in total. The SMILES string of the molecule is Cc1ncc(C(=O)N=C(N)[C@@H](C)CNc2ccc(Cl)c(Cl)c2)cn1. The lowest BCUT2D eigenvalue weighted by molar-refractivity contribution is 0.100. The number of hydrogen-bond donors (Lipinski definition) is 2. The number of nitrogens with two attached hydrogens (primary N) is 1. The van der Waals surface area contributed by atoms with Gasteiger partial charge in [-0.3, -0.25) is 4.79 Å². The fraction of sp³-hybridized carbons (Fsp3) is 0.250. The first-order valence-electron chi connectivity index (χ1n) is 7.22. The highest BCUT2D eigenvalue weighted by molar-refractivity contribution is 6.42. The summed E-state index contributed by atoms with van der Waals surface area (Å²) in [7, 11) is 0. The average molecular weight is 366 g/mol. The largest absolute Gasteiger partial charge is 0.387 e. The standard InChI is InChI=1S/C16H17Cl2N5O/c1-9(6-22-12-3-4-13(17)14(18)5-12)15(19)23-16(24)11-7-20-10(2)21-8-11/h3-5,7-9,22H,6H2,1-2H3,(H2,19,23,24)/t9-/m0/s1. The van der Waals surface area contributed by atoms with Gasteiger partial charge >= 0.3 is 0 Å². The lowest BCUT2D eigenvalue weighted by atomic mass is 10.1. The Morgan fingerprint density at radius 2 is 1.96 bits per heavy atom. The summed E-state index contributed by atoms with van der Waals surface area (Å²) >= 11 is 11.8. The summed E-state index contributed by atoms with van der Waals surface area (Å²) in [4.78, 5) is 23.9. The molecule has 2 aromatic rings. The number of nitrogens with zero attached hydrogens (tertiary/aromatic N) is 3.